The lowest BCUT2D eigenvalue weighted by Gasteiger charge is -2.46. The summed E-state index contributed by atoms with van der Waals surface area (Å²) in [6.45, 7) is -7.48. The molecule has 0 aliphatic carbocycles. The van der Waals surface area contributed by atoms with E-state index < -0.39 is 406 Å². The second kappa shape index (κ2) is 40.5. The lowest BCUT2D eigenvalue weighted by Crippen LogP contribution is -2.64. The topological polar surface area (TPSA) is 797 Å². The molecule has 53 nitrogen and oxygen atoms in total. The summed E-state index contributed by atoms with van der Waals surface area (Å²) in [5.74, 6) is 0. The molecule has 0 amide bonds. The summed E-state index contributed by atoms with van der Waals surface area (Å²) >= 11 is 0. The van der Waals surface area contributed by atoms with Crippen LogP contribution in [0.25, 0.3) is 0 Å². The molecule has 13 unspecified atom stereocenters. The van der Waals surface area contributed by atoms with Gasteiger partial charge in [-0.1, -0.05) is 0 Å². The van der Waals surface area contributed by atoms with Crippen LogP contribution in [-0.4, -0.2) is 549 Å². The number of aliphatic hydroxyl groups excluding tert-OH is 28. The van der Waals surface area contributed by atoms with Gasteiger partial charge < -0.3 is 261 Å². The van der Waals surface area contributed by atoms with Gasteiger partial charge in [0.15, 0.2) is 81.8 Å². The molecule has 0 aromatic carbocycles. The van der Waals surface area contributed by atoms with E-state index in [0.717, 1.165) is 0 Å². The lowest BCUT2D eigenvalue weighted by molar-refractivity contribution is -0.374. The van der Waals surface area contributed by atoms with Gasteiger partial charge in [-0.2, -0.15) is 0 Å². The van der Waals surface area contributed by atoms with Crippen LogP contribution in [0.4, 0.5) is 0 Å². The standard InChI is InChI=1S/C65H106O53/c66-1-15-28(69)51(92)64(106-15)118-52-39(80)26(116-54-41(82)27(68)14(67)2-95-54)13-105-65(52)117-25-12-104-63(50(91)38(25)79)115-24-11-103-62(49(90)37(24)78)114-23-10-102-61(48(89)36(23)77)113-22-9-101-60(47(88)35(22)76)112-21-8-100-59(46(87)34(21)75)111-20-7-99-58(45(86)33(20)74)110-19-6-98-57(44(85)32(19)73)109-18-5-97-56(43(84)31(18)72)108-17-4-96-55(42(83)30(17)71)107-16-3-94-53(93)40(81)29(16)70/h14-93H,1-13H2/t14-,15+,16-,17-,18-,19-,20-,21-,22-,23-,24-,25-,26-,27+,28-,29+,30+,31+,32+,33+,34+,35+,36+,37+,38+,39+,40?,41?,42?,43?,44?,45?,46?,47?,48?,49?,50?,51?,52?,53-,54+,55+,56-,57-,58-,59-,60-,61-,62-,63-,64+,65+/m1/s1. The number of aliphatic hydroxyl groups is 28. The van der Waals surface area contributed by atoms with Gasteiger partial charge in [-0.05, 0) is 0 Å². The molecule has 0 aromatic heterocycles. The highest BCUT2D eigenvalue weighted by Gasteiger charge is 2.58. The van der Waals surface area contributed by atoms with Crippen molar-refractivity contribution in [2.24, 2.45) is 0 Å². The van der Waals surface area contributed by atoms with Gasteiger partial charge in [0.1, 0.15) is 238 Å². The maximum atomic E-state index is 11.5. The fraction of sp³-hybridized carbons (Fsp3) is 1.00. The second-order valence-corrected chi connectivity index (χ2v) is 30.5. The summed E-state index contributed by atoms with van der Waals surface area (Å²) in [6, 6.07) is 0. The Balaban J connectivity index is 0.501. The fourth-order valence-corrected chi connectivity index (χ4v) is 15.0. The molecule has 0 spiro atoms. The van der Waals surface area contributed by atoms with Crippen molar-refractivity contribution in [1.29, 1.82) is 0 Å². The van der Waals surface area contributed by atoms with Gasteiger partial charge in [0.05, 0.1) is 85.9 Å². The van der Waals surface area contributed by atoms with Gasteiger partial charge in [0.2, 0.25) is 0 Å². The molecular weight excluding hydrogens is 1630 g/mol. The number of hydrogen-bond acceptors (Lipinski definition) is 53. The average Bonchev–Trinajstić information content (AvgIpc) is 1.47. The quantitative estimate of drug-likeness (QED) is 0.0404. The van der Waals surface area contributed by atoms with Crippen LogP contribution in [0, 0.1) is 0 Å². The van der Waals surface area contributed by atoms with Gasteiger partial charge >= 0.3 is 0 Å². The molecule has 53 heteroatoms. The number of rotatable bonds is 25. The largest absolute Gasteiger partial charge is 0.394 e. The first-order valence-electron chi connectivity index (χ1n) is 38.0. The third-order valence-corrected chi connectivity index (χ3v) is 22.4. The first-order chi connectivity index (χ1) is 56.1. The Hall–Kier alpha value is -2.12. The van der Waals surface area contributed by atoms with E-state index >= 15 is 0 Å². The van der Waals surface area contributed by atoms with Gasteiger partial charge in [0, 0.05) is 0 Å². The Labute approximate surface area is 665 Å². The van der Waals surface area contributed by atoms with Gasteiger partial charge in [0.25, 0.3) is 0 Å². The van der Waals surface area contributed by atoms with E-state index in [2.05, 4.69) is 0 Å². The number of hydrogen-bond donors (Lipinski definition) is 28. The van der Waals surface area contributed by atoms with E-state index in [1.165, 1.54) is 0 Å². The van der Waals surface area contributed by atoms with Crippen molar-refractivity contribution in [2.75, 3.05) is 85.9 Å². The Morgan fingerprint density at radius 1 is 0.169 bits per heavy atom. The summed E-state index contributed by atoms with van der Waals surface area (Å²) in [4.78, 5) is 0. The minimum atomic E-state index is -2.00. The molecule has 684 valence electrons. The maximum Gasteiger partial charge on any atom is 0.187 e. The number of ether oxygens (including phenoxy) is 25. The highest BCUT2D eigenvalue weighted by atomic mass is 16.8. The van der Waals surface area contributed by atoms with Crippen LogP contribution >= 0.6 is 0 Å². The molecule has 0 bridgehead atoms. The SMILES string of the molecule is OC[C@@H]1O[C@@H](OC2[C@H](O[C@@H]3CO[C@H](O[C@@H]4CO[C@H](O[C@@H]5CO[C@H](O[C@@H]6CO[C@H](O[C@@H]7CO[C@H](O[C@@H]8CO[C@H](O[C@@H]9CO[C@H](O[C@@H]%10CO[C@H](O[C@@H]%11CO[C@@H](O[C@@H]%12CO[C@@H](O)C(O)[C@H]%12O)C(O)[C@H]%11O)C(O)[C@H]%10O)C(O)[C@H]9O)C(O)[C@H]8O)C(O)[C@H]7O)C(O)[C@H]6O)C(O)[C@H]5O)C(O)[C@H]4O)C(O)[C@H]3O)OC[C@@H](O[C@@H]3OC[C@@H](O)[C@H](O)C3O)[C@@H]2O)C(O)[C@@H]1O. The van der Waals surface area contributed by atoms with Crippen LogP contribution in [0.15, 0.2) is 0 Å². The van der Waals surface area contributed by atoms with E-state index in [9.17, 15) is 143 Å². The molecule has 13 saturated heterocycles. The lowest BCUT2D eigenvalue weighted by atomic mass is 10.0. The summed E-state index contributed by atoms with van der Waals surface area (Å²) < 4.78 is 140. The predicted molar refractivity (Wildman–Crippen MR) is 349 cm³/mol. The molecule has 118 heavy (non-hydrogen) atoms. The van der Waals surface area contributed by atoms with Crippen molar-refractivity contribution in [2.45, 2.75) is 320 Å². The van der Waals surface area contributed by atoms with Crippen molar-refractivity contribution in [1.82, 2.24) is 0 Å². The summed E-state index contributed by atoms with van der Waals surface area (Å²) in [7, 11) is 0. The summed E-state index contributed by atoms with van der Waals surface area (Å²) in [6.07, 6.45) is -89.8. The van der Waals surface area contributed by atoms with E-state index in [1.54, 1.807) is 0 Å². The Morgan fingerprint density at radius 3 is 0.593 bits per heavy atom. The smallest absolute Gasteiger partial charge is 0.187 e. The first kappa shape index (κ1) is 93.5. The Kier molecular flexibility index (Phi) is 32.1. The van der Waals surface area contributed by atoms with Crippen LogP contribution < -0.4 is 0 Å². The molecule has 28 N–H and O–H groups in total. The predicted octanol–water partition coefficient (Wildman–Crippen LogP) is -21.0. The van der Waals surface area contributed by atoms with Crippen LogP contribution in [-0.2, 0) is 118 Å². The van der Waals surface area contributed by atoms with E-state index in [1.807, 2.05) is 0 Å². The normalized spacial score (nSPS) is 54.7. The van der Waals surface area contributed by atoms with E-state index in [0.29, 0.717) is 0 Å². The van der Waals surface area contributed by atoms with Gasteiger partial charge in [-0.25, -0.2) is 0 Å². The molecule has 0 saturated carbocycles. The third-order valence-electron chi connectivity index (χ3n) is 22.4. The van der Waals surface area contributed by atoms with Crippen molar-refractivity contribution in [3.63, 3.8) is 0 Å². The Morgan fingerprint density at radius 2 is 0.356 bits per heavy atom. The Bertz CT molecular complexity index is 3070. The van der Waals surface area contributed by atoms with Crippen molar-refractivity contribution >= 4 is 0 Å². The molecule has 13 aliphatic rings. The van der Waals surface area contributed by atoms with Crippen LogP contribution in [0.3, 0.4) is 0 Å². The molecule has 0 radical (unpaired) electrons. The monoisotopic (exact) mass is 1730 g/mol. The molecule has 52 atom stereocenters. The fourth-order valence-electron chi connectivity index (χ4n) is 15.0. The van der Waals surface area contributed by atoms with Crippen molar-refractivity contribution in [3.05, 3.63) is 0 Å². The first-order valence-corrected chi connectivity index (χ1v) is 38.0. The van der Waals surface area contributed by atoms with Crippen molar-refractivity contribution in [3.8, 4) is 0 Å². The van der Waals surface area contributed by atoms with Crippen molar-refractivity contribution < 1.29 is 261 Å². The van der Waals surface area contributed by atoms with Crippen LogP contribution in [0.2, 0.25) is 0 Å². The molecule has 0 aromatic rings. The zero-order valence-electron chi connectivity index (χ0n) is 61.9. The molecule has 13 aliphatic heterocycles. The van der Waals surface area contributed by atoms with E-state index in [-0.39, 0.29) is 0 Å². The maximum absolute atomic E-state index is 11.5. The highest BCUT2D eigenvalue weighted by Crippen LogP contribution is 2.38. The minimum absolute atomic E-state index is 0.410. The zero-order valence-corrected chi connectivity index (χ0v) is 61.9. The van der Waals surface area contributed by atoms with Crippen LogP contribution in [0.1, 0.15) is 0 Å². The third kappa shape index (κ3) is 20.2. The molecule has 13 heterocycles. The zero-order chi connectivity index (χ0) is 84.9. The molecular formula is C65H106O53. The molecule has 13 rings (SSSR count). The summed E-state index contributed by atoms with van der Waals surface area (Å²) in [5, 5.41) is 302. The second-order valence-electron chi connectivity index (χ2n) is 30.5. The summed E-state index contributed by atoms with van der Waals surface area (Å²) in [5.41, 5.74) is 0. The molecule has 13 fully saturated rings. The minimum Gasteiger partial charge on any atom is -0.394 e. The van der Waals surface area contributed by atoms with E-state index in [4.69, 9.17) is 118 Å². The van der Waals surface area contributed by atoms with Crippen LogP contribution in [0.5, 0.6) is 0 Å². The average molecular weight is 1740 g/mol. The highest BCUT2D eigenvalue weighted by molar-refractivity contribution is 4.99. The van der Waals surface area contributed by atoms with Gasteiger partial charge in [-0.15, -0.1) is 0 Å². The van der Waals surface area contributed by atoms with Gasteiger partial charge in [-0.3, -0.25) is 0 Å².